The number of halogens is 1. The Labute approximate surface area is 143 Å². The Morgan fingerprint density at radius 1 is 1.39 bits per heavy atom. The van der Waals surface area contributed by atoms with Gasteiger partial charge in [-0.25, -0.2) is 18.4 Å². The normalized spacial score (nSPS) is 20.1. The maximum atomic E-state index is 12.7. The molecule has 0 bridgehead atoms. The number of hydrogen-bond donors (Lipinski definition) is 0. The van der Waals surface area contributed by atoms with Crippen molar-refractivity contribution in [1.82, 2.24) is 9.97 Å². The zero-order valence-electron chi connectivity index (χ0n) is 14.2. The number of rotatable bonds is 4. The second kappa shape index (κ2) is 6.53. The van der Waals surface area contributed by atoms with Crippen LogP contribution >= 0.6 is 11.6 Å². The van der Waals surface area contributed by atoms with Gasteiger partial charge in [0.1, 0.15) is 10.6 Å². The lowest BCUT2D eigenvalue weighted by Crippen LogP contribution is -2.44. The summed E-state index contributed by atoms with van der Waals surface area (Å²) in [6.45, 7) is 10.6. The highest BCUT2D eigenvalue weighted by atomic mass is 35.5. The van der Waals surface area contributed by atoms with Crippen molar-refractivity contribution in [3.05, 3.63) is 17.0 Å². The van der Waals surface area contributed by atoms with E-state index in [1.54, 1.807) is 33.8 Å². The van der Waals surface area contributed by atoms with Gasteiger partial charge in [0.25, 0.3) is 0 Å². The maximum Gasteiger partial charge on any atom is 0.224 e. The molecule has 2 heterocycles. The number of ether oxygens (including phenoxy) is 1. The van der Waals surface area contributed by atoms with Gasteiger partial charge in [-0.15, -0.1) is 0 Å². The van der Waals surface area contributed by atoms with E-state index in [9.17, 15) is 8.42 Å². The molecule has 0 spiro atoms. The van der Waals surface area contributed by atoms with Crippen LogP contribution in [0.4, 0.5) is 5.82 Å². The second-order valence-corrected chi connectivity index (χ2v) is 9.99. The van der Waals surface area contributed by atoms with Crippen molar-refractivity contribution in [1.29, 1.82) is 0 Å². The Kier molecular flexibility index (Phi) is 5.23. The Hall–Kier alpha value is -0.920. The molecule has 0 aliphatic carbocycles. The third-order valence-electron chi connectivity index (χ3n) is 4.30. The number of morpholine rings is 1. The Bertz CT molecular complexity index is 677. The Balaban J connectivity index is 2.49. The highest BCUT2D eigenvalue weighted by molar-refractivity contribution is 7.92. The quantitative estimate of drug-likeness (QED) is 0.767. The highest BCUT2D eigenvalue weighted by Crippen LogP contribution is 2.34. The summed E-state index contributed by atoms with van der Waals surface area (Å²) in [5.41, 5.74) is 0.417. The molecule has 0 saturated carbocycles. The lowest BCUT2D eigenvalue weighted by atomic mass is 10.1. The standard InChI is InChI=1S/C15H24ClN3O3S/c1-10(2)23(20,21)15(4,5)12-8-13(18-14(16)17-12)19-6-7-22-9-11(19)3/h8,10-11H,6-7,9H2,1-5H3/t11-/m0/s1. The number of nitrogens with zero attached hydrogens (tertiary/aromatic N) is 3. The fourth-order valence-corrected chi connectivity index (χ4v) is 4.42. The van der Waals surface area contributed by atoms with Crippen LogP contribution in [0, 0.1) is 0 Å². The molecule has 0 unspecified atom stereocenters. The fraction of sp³-hybridized carbons (Fsp3) is 0.733. The summed E-state index contributed by atoms with van der Waals surface area (Å²) in [6, 6.07) is 1.88. The molecular weight excluding hydrogens is 338 g/mol. The van der Waals surface area contributed by atoms with Crippen molar-refractivity contribution in [3.8, 4) is 0 Å². The van der Waals surface area contributed by atoms with Gasteiger partial charge in [0, 0.05) is 12.6 Å². The summed E-state index contributed by atoms with van der Waals surface area (Å²) in [5, 5.41) is -0.444. The minimum absolute atomic E-state index is 0.0585. The maximum absolute atomic E-state index is 12.7. The molecule has 0 N–H and O–H groups in total. The van der Waals surface area contributed by atoms with Gasteiger partial charge < -0.3 is 9.64 Å². The summed E-state index contributed by atoms with van der Waals surface area (Å²) in [4.78, 5) is 10.5. The van der Waals surface area contributed by atoms with Gasteiger partial charge in [-0.1, -0.05) is 0 Å². The van der Waals surface area contributed by atoms with Crippen LogP contribution in [-0.2, 0) is 19.3 Å². The van der Waals surface area contributed by atoms with E-state index in [4.69, 9.17) is 16.3 Å². The minimum atomic E-state index is -3.40. The van der Waals surface area contributed by atoms with E-state index in [1.807, 2.05) is 6.92 Å². The third-order valence-corrected chi connectivity index (χ3v) is 7.34. The molecule has 1 saturated heterocycles. The topological polar surface area (TPSA) is 72.4 Å². The zero-order valence-corrected chi connectivity index (χ0v) is 15.8. The van der Waals surface area contributed by atoms with E-state index in [0.29, 0.717) is 31.3 Å². The van der Waals surface area contributed by atoms with Gasteiger partial charge in [0.2, 0.25) is 5.28 Å². The van der Waals surface area contributed by atoms with Gasteiger partial charge >= 0.3 is 0 Å². The van der Waals surface area contributed by atoms with Gasteiger partial charge in [-0.2, -0.15) is 0 Å². The van der Waals surface area contributed by atoms with Crippen LogP contribution in [0.2, 0.25) is 5.28 Å². The molecule has 1 fully saturated rings. The average Bonchev–Trinajstić information content (AvgIpc) is 2.46. The van der Waals surface area contributed by atoms with E-state index in [0.717, 1.165) is 0 Å². The van der Waals surface area contributed by atoms with Gasteiger partial charge in [-0.3, -0.25) is 0 Å². The first-order chi connectivity index (χ1) is 10.6. The first kappa shape index (κ1) is 18.4. The monoisotopic (exact) mass is 361 g/mol. The molecule has 0 radical (unpaired) electrons. The van der Waals surface area contributed by atoms with Crippen LogP contribution in [-0.4, -0.2) is 49.4 Å². The van der Waals surface area contributed by atoms with Crippen molar-refractivity contribution < 1.29 is 13.2 Å². The van der Waals surface area contributed by atoms with Crippen LogP contribution in [0.25, 0.3) is 0 Å². The van der Waals surface area contributed by atoms with Crippen molar-refractivity contribution in [2.75, 3.05) is 24.7 Å². The molecule has 2 rings (SSSR count). The lowest BCUT2D eigenvalue weighted by molar-refractivity contribution is 0.0985. The Morgan fingerprint density at radius 3 is 2.61 bits per heavy atom. The van der Waals surface area contributed by atoms with Crippen molar-refractivity contribution >= 4 is 27.3 Å². The van der Waals surface area contributed by atoms with Gasteiger partial charge in [0.15, 0.2) is 9.84 Å². The van der Waals surface area contributed by atoms with E-state index in [1.165, 1.54) is 0 Å². The number of hydrogen-bond acceptors (Lipinski definition) is 6. The number of aromatic nitrogens is 2. The van der Waals surface area contributed by atoms with E-state index in [-0.39, 0.29) is 11.3 Å². The van der Waals surface area contributed by atoms with Gasteiger partial charge in [0.05, 0.1) is 30.2 Å². The summed E-state index contributed by atoms with van der Waals surface area (Å²) < 4.78 is 29.6. The first-order valence-electron chi connectivity index (χ1n) is 7.70. The zero-order chi connectivity index (χ0) is 17.4. The molecule has 0 aromatic carbocycles. The SMILES string of the molecule is CC(C)S(=O)(=O)C(C)(C)c1cc(N2CCOC[C@@H]2C)nc(Cl)n1. The lowest BCUT2D eigenvalue weighted by Gasteiger charge is -2.35. The van der Waals surface area contributed by atoms with E-state index in [2.05, 4.69) is 14.9 Å². The fourth-order valence-electron chi connectivity index (χ4n) is 2.66. The first-order valence-corrected chi connectivity index (χ1v) is 9.62. The molecule has 130 valence electrons. The molecule has 6 nitrogen and oxygen atoms in total. The van der Waals surface area contributed by atoms with Crippen LogP contribution < -0.4 is 4.90 Å². The second-order valence-electron chi connectivity index (χ2n) is 6.60. The molecule has 0 amide bonds. The third kappa shape index (κ3) is 3.46. The molecule has 1 aromatic heterocycles. The molecule has 23 heavy (non-hydrogen) atoms. The minimum Gasteiger partial charge on any atom is -0.377 e. The predicted octanol–water partition coefficient (Wildman–Crippen LogP) is 2.41. The number of sulfone groups is 1. The Morgan fingerprint density at radius 2 is 2.04 bits per heavy atom. The van der Waals surface area contributed by atoms with Crippen LogP contribution in [0.5, 0.6) is 0 Å². The largest absolute Gasteiger partial charge is 0.377 e. The molecular formula is C15H24ClN3O3S. The van der Waals surface area contributed by atoms with E-state index < -0.39 is 19.8 Å². The molecule has 1 aliphatic rings. The van der Waals surface area contributed by atoms with Gasteiger partial charge in [-0.05, 0) is 46.2 Å². The summed E-state index contributed by atoms with van der Waals surface area (Å²) in [6.07, 6.45) is 0. The molecule has 1 aromatic rings. The molecule has 8 heteroatoms. The highest BCUT2D eigenvalue weighted by Gasteiger charge is 2.40. The van der Waals surface area contributed by atoms with Crippen molar-refractivity contribution in [3.63, 3.8) is 0 Å². The summed E-state index contributed by atoms with van der Waals surface area (Å²) in [7, 11) is -3.40. The summed E-state index contributed by atoms with van der Waals surface area (Å²) in [5.74, 6) is 0.642. The molecule has 1 aliphatic heterocycles. The smallest absolute Gasteiger partial charge is 0.224 e. The molecule has 1 atom stereocenters. The van der Waals surface area contributed by atoms with Crippen LogP contribution in [0.3, 0.4) is 0 Å². The number of anilines is 1. The predicted molar refractivity (Wildman–Crippen MR) is 91.8 cm³/mol. The van der Waals surface area contributed by atoms with Crippen molar-refractivity contribution in [2.45, 2.75) is 50.7 Å². The van der Waals surface area contributed by atoms with Crippen LogP contribution in [0.1, 0.15) is 40.3 Å². The van der Waals surface area contributed by atoms with Crippen LogP contribution in [0.15, 0.2) is 6.07 Å². The van der Waals surface area contributed by atoms with E-state index >= 15 is 0 Å². The van der Waals surface area contributed by atoms with Crippen molar-refractivity contribution in [2.24, 2.45) is 0 Å². The average molecular weight is 362 g/mol. The summed E-state index contributed by atoms with van der Waals surface area (Å²) >= 11 is 6.08.